The van der Waals surface area contributed by atoms with E-state index in [9.17, 15) is 4.79 Å². The van der Waals surface area contributed by atoms with E-state index in [0.29, 0.717) is 6.61 Å². The van der Waals surface area contributed by atoms with Crippen LogP contribution in [-0.4, -0.2) is 37.1 Å². The summed E-state index contributed by atoms with van der Waals surface area (Å²) >= 11 is 0. The third-order valence-electron chi connectivity index (χ3n) is 3.51. The van der Waals surface area contributed by atoms with Gasteiger partial charge in [0.2, 0.25) is 0 Å². The molecule has 1 fully saturated rings. The SMILES string of the molecule is C=CCCCCCN1CCC[C@@H](C(=O)OCC)C1. The molecule has 1 aliphatic rings. The minimum absolute atomic E-state index is 0.00569. The van der Waals surface area contributed by atoms with Crippen molar-refractivity contribution in [3.05, 3.63) is 12.7 Å². The zero-order valence-electron chi connectivity index (χ0n) is 11.7. The average Bonchev–Trinajstić information content (AvgIpc) is 2.39. The van der Waals surface area contributed by atoms with Gasteiger partial charge in [-0.25, -0.2) is 0 Å². The molecular formula is C15H27NO2. The van der Waals surface area contributed by atoms with Crippen LogP contribution in [0.15, 0.2) is 12.7 Å². The molecule has 1 rings (SSSR count). The largest absolute Gasteiger partial charge is 0.466 e. The highest BCUT2D eigenvalue weighted by atomic mass is 16.5. The highest BCUT2D eigenvalue weighted by Gasteiger charge is 2.26. The van der Waals surface area contributed by atoms with Gasteiger partial charge < -0.3 is 9.64 Å². The predicted octanol–water partition coefficient (Wildman–Crippen LogP) is 3.01. The van der Waals surface area contributed by atoms with Gasteiger partial charge in [-0.2, -0.15) is 0 Å². The molecule has 0 radical (unpaired) electrons. The number of nitrogens with zero attached hydrogens (tertiary/aromatic N) is 1. The van der Waals surface area contributed by atoms with Crippen LogP contribution in [0, 0.1) is 5.92 Å². The molecule has 0 aliphatic carbocycles. The van der Waals surface area contributed by atoms with E-state index < -0.39 is 0 Å². The van der Waals surface area contributed by atoms with E-state index in [-0.39, 0.29) is 11.9 Å². The van der Waals surface area contributed by atoms with Crippen LogP contribution in [0.2, 0.25) is 0 Å². The molecule has 0 bridgehead atoms. The van der Waals surface area contributed by atoms with E-state index in [1.807, 2.05) is 13.0 Å². The predicted molar refractivity (Wildman–Crippen MR) is 74.5 cm³/mol. The van der Waals surface area contributed by atoms with Gasteiger partial charge in [-0.1, -0.05) is 12.5 Å². The Bertz CT molecular complexity index is 253. The number of hydrogen-bond donors (Lipinski definition) is 0. The summed E-state index contributed by atoms with van der Waals surface area (Å²) in [4.78, 5) is 14.1. The van der Waals surface area contributed by atoms with Gasteiger partial charge in [0.15, 0.2) is 0 Å². The molecule has 0 N–H and O–H groups in total. The van der Waals surface area contributed by atoms with Gasteiger partial charge in [0.1, 0.15) is 0 Å². The van der Waals surface area contributed by atoms with Gasteiger partial charge >= 0.3 is 5.97 Å². The van der Waals surface area contributed by atoms with Crippen LogP contribution in [0.3, 0.4) is 0 Å². The fraction of sp³-hybridized carbons (Fsp3) is 0.800. The number of ether oxygens (including phenoxy) is 1. The molecule has 0 saturated carbocycles. The molecule has 18 heavy (non-hydrogen) atoms. The zero-order chi connectivity index (χ0) is 13.2. The normalized spacial score (nSPS) is 20.6. The van der Waals surface area contributed by atoms with E-state index in [1.165, 1.54) is 19.3 Å². The van der Waals surface area contributed by atoms with Gasteiger partial charge in [-0.3, -0.25) is 4.79 Å². The topological polar surface area (TPSA) is 29.5 Å². The van der Waals surface area contributed by atoms with Crippen molar-refractivity contribution in [3.8, 4) is 0 Å². The fourth-order valence-electron chi connectivity index (χ4n) is 2.51. The lowest BCUT2D eigenvalue weighted by molar-refractivity contribution is -0.149. The molecule has 0 spiro atoms. The highest BCUT2D eigenvalue weighted by molar-refractivity contribution is 5.72. The van der Waals surface area contributed by atoms with Crippen LogP contribution in [0.25, 0.3) is 0 Å². The molecule has 1 aliphatic heterocycles. The average molecular weight is 253 g/mol. The maximum absolute atomic E-state index is 11.7. The molecule has 0 aromatic rings. The number of allylic oxidation sites excluding steroid dienone is 1. The standard InChI is InChI=1S/C15H27NO2/c1-3-5-6-7-8-11-16-12-9-10-14(13-16)15(17)18-4-2/h3,14H,1,4-13H2,2H3/t14-/m1/s1. The van der Waals surface area contributed by atoms with E-state index >= 15 is 0 Å². The summed E-state index contributed by atoms with van der Waals surface area (Å²) in [6, 6.07) is 0. The summed E-state index contributed by atoms with van der Waals surface area (Å²) in [6.45, 7) is 9.25. The Hall–Kier alpha value is -0.830. The number of carbonyl (C=O) groups is 1. The second kappa shape index (κ2) is 9.15. The quantitative estimate of drug-likeness (QED) is 0.378. The number of carbonyl (C=O) groups excluding carboxylic acids is 1. The van der Waals surface area contributed by atoms with Crippen molar-refractivity contribution in [2.75, 3.05) is 26.2 Å². The van der Waals surface area contributed by atoms with Crippen molar-refractivity contribution in [3.63, 3.8) is 0 Å². The van der Waals surface area contributed by atoms with Crippen molar-refractivity contribution in [1.82, 2.24) is 4.90 Å². The molecule has 0 amide bonds. The third-order valence-corrected chi connectivity index (χ3v) is 3.51. The lowest BCUT2D eigenvalue weighted by Gasteiger charge is -2.31. The van der Waals surface area contributed by atoms with Crippen LogP contribution in [0.1, 0.15) is 45.4 Å². The monoisotopic (exact) mass is 253 g/mol. The highest BCUT2D eigenvalue weighted by Crippen LogP contribution is 2.18. The Morgan fingerprint density at radius 2 is 2.28 bits per heavy atom. The number of rotatable bonds is 8. The minimum Gasteiger partial charge on any atom is -0.466 e. The lowest BCUT2D eigenvalue weighted by Crippen LogP contribution is -2.39. The van der Waals surface area contributed by atoms with Crippen molar-refractivity contribution in [2.24, 2.45) is 5.92 Å². The number of unbranched alkanes of at least 4 members (excludes halogenated alkanes) is 3. The van der Waals surface area contributed by atoms with Crippen LogP contribution in [-0.2, 0) is 9.53 Å². The van der Waals surface area contributed by atoms with Crippen molar-refractivity contribution in [1.29, 1.82) is 0 Å². The Balaban J connectivity index is 2.18. The molecule has 0 aromatic heterocycles. The van der Waals surface area contributed by atoms with E-state index in [1.54, 1.807) is 0 Å². The molecule has 1 saturated heterocycles. The summed E-state index contributed by atoms with van der Waals surface area (Å²) in [7, 11) is 0. The summed E-state index contributed by atoms with van der Waals surface area (Å²) in [5, 5.41) is 0. The molecular weight excluding hydrogens is 226 g/mol. The second-order valence-corrected chi connectivity index (χ2v) is 5.03. The first-order chi connectivity index (χ1) is 8.77. The summed E-state index contributed by atoms with van der Waals surface area (Å²) in [5.41, 5.74) is 0. The smallest absolute Gasteiger partial charge is 0.310 e. The Morgan fingerprint density at radius 1 is 1.44 bits per heavy atom. The first-order valence-corrected chi connectivity index (χ1v) is 7.27. The number of hydrogen-bond acceptors (Lipinski definition) is 3. The number of likely N-dealkylation sites (tertiary alicyclic amines) is 1. The zero-order valence-corrected chi connectivity index (χ0v) is 11.7. The molecule has 0 unspecified atom stereocenters. The first kappa shape index (κ1) is 15.2. The van der Waals surface area contributed by atoms with Crippen LogP contribution in [0.5, 0.6) is 0 Å². The maximum Gasteiger partial charge on any atom is 0.310 e. The number of piperidine rings is 1. The van der Waals surface area contributed by atoms with Gasteiger partial charge in [0.25, 0.3) is 0 Å². The Morgan fingerprint density at radius 3 is 3.00 bits per heavy atom. The van der Waals surface area contributed by atoms with Gasteiger partial charge in [-0.05, 0) is 52.1 Å². The number of esters is 1. The van der Waals surface area contributed by atoms with E-state index in [0.717, 1.165) is 38.9 Å². The molecule has 1 heterocycles. The van der Waals surface area contributed by atoms with Gasteiger partial charge in [-0.15, -0.1) is 6.58 Å². The molecule has 1 atom stereocenters. The van der Waals surface area contributed by atoms with Crippen molar-refractivity contribution in [2.45, 2.75) is 45.4 Å². The second-order valence-electron chi connectivity index (χ2n) is 5.03. The molecule has 0 aromatic carbocycles. The maximum atomic E-state index is 11.7. The summed E-state index contributed by atoms with van der Waals surface area (Å²) < 4.78 is 5.11. The molecule has 3 heteroatoms. The first-order valence-electron chi connectivity index (χ1n) is 7.27. The Kier molecular flexibility index (Phi) is 7.74. The minimum atomic E-state index is -0.00569. The van der Waals surface area contributed by atoms with Gasteiger partial charge in [0.05, 0.1) is 12.5 Å². The van der Waals surface area contributed by atoms with Crippen LogP contribution < -0.4 is 0 Å². The van der Waals surface area contributed by atoms with E-state index in [4.69, 9.17) is 4.74 Å². The Labute approximate surface area is 111 Å². The molecule has 104 valence electrons. The lowest BCUT2D eigenvalue weighted by atomic mass is 9.98. The third kappa shape index (κ3) is 5.67. The van der Waals surface area contributed by atoms with Crippen molar-refractivity contribution < 1.29 is 9.53 Å². The fourth-order valence-corrected chi connectivity index (χ4v) is 2.51. The van der Waals surface area contributed by atoms with E-state index in [2.05, 4.69) is 11.5 Å². The summed E-state index contributed by atoms with van der Waals surface area (Å²) in [5.74, 6) is 0.0979. The van der Waals surface area contributed by atoms with Crippen molar-refractivity contribution >= 4 is 5.97 Å². The van der Waals surface area contributed by atoms with Crippen LogP contribution in [0.4, 0.5) is 0 Å². The van der Waals surface area contributed by atoms with Crippen LogP contribution >= 0.6 is 0 Å². The van der Waals surface area contributed by atoms with Gasteiger partial charge in [0, 0.05) is 6.54 Å². The summed E-state index contributed by atoms with van der Waals surface area (Å²) in [6.07, 6.45) is 8.93. The molecule has 3 nitrogen and oxygen atoms in total.